The highest BCUT2D eigenvalue weighted by Gasteiger charge is 2.97. The molecule has 4 rings (SSSR count). The summed E-state index contributed by atoms with van der Waals surface area (Å²) < 4.78 is 17.0. The molecule has 0 bridgehead atoms. The monoisotopic (exact) mass is 325 g/mol. The highest BCUT2D eigenvalue weighted by atomic mass is 16.8. The summed E-state index contributed by atoms with van der Waals surface area (Å²) in [5.41, 5.74) is 4.53. The molecule has 0 radical (unpaired) electrons. The van der Waals surface area contributed by atoms with E-state index >= 15 is 0 Å². The molecule has 2 fully saturated rings. The quantitative estimate of drug-likeness (QED) is 0.747. The SMILES string of the molecule is COc1cccc([C@H]2[C@@]3(C#N)[C@]4([NH+]=C(N)[C@@]23C#N)OC[C@H](C)O4)c1. The number of nitrogens with two attached hydrogens (primary N) is 1. The minimum Gasteiger partial charge on any atom is -0.497 e. The third-order valence-electron chi connectivity index (χ3n) is 5.32. The van der Waals surface area contributed by atoms with E-state index in [1.807, 2.05) is 31.2 Å². The minimum atomic E-state index is -1.39. The Hall–Kier alpha value is -2.61. The van der Waals surface area contributed by atoms with Gasteiger partial charge >= 0.3 is 5.91 Å². The summed E-state index contributed by atoms with van der Waals surface area (Å²) in [4.78, 5) is 2.94. The van der Waals surface area contributed by atoms with Crippen molar-refractivity contribution >= 4 is 5.84 Å². The van der Waals surface area contributed by atoms with E-state index in [0.717, 1.165) is 5.56 Å². The van der Waals surface area contributed by atoms with E-state index < -0.39 is 22.7 Å². The first kappa shape index (κ1) is 14.9. The normalized spacial score (nSPS) is 42.1. The second kappa shape index (κ2) is 4.47. The van der Waals surface area contributed by atoms with Gasteiger partial charge in [0, 0.05) is 5.92 Å². The van der Waals surface area contributed by atoms with Crippen molar-refractivity contribution in [3.8, 4) is 17.9 Å². The zero-order chi connectivity index (χ0) is 17.2. The number of methoxy groups -OCH3 is 1. The molecular formula is C17H17N4O3+. The largest absolute Gasteiger partial charge is 0.497 e. The predicted molar refractivity (Wildman–Crippen MR) is 81.2 cm³/mol. The third-order valence-corrected chi connectivity index (χ3v) is 5.32. The maximum atomic E-state index is 10.0. The van der Waals surface area contributed by atoms with Crippen LogP contribution in [0.2, 0.25) is 0 Å². The van der Waals surface area contributed by atoms with Crippen molar-refractivity contribution in [2.45, 2.75) is 24.9 Å². The Labute approximate surface area is 139 Å². The molecule has 7 nitrogen and oxygen atoms in total. The first-order valence-electron chi connectivity index (χ1n) is 7.70. The van der Waals surface area contributed by atoms with E-state index in [-0.39, 0.29) is 11.9 Å². The summed E-state index contributed by atoms with van der Waals surface area (Å²) in [5, 5.41) is 20.0. The van der Waals surface area contributed by atoms with Gasteiger partial charge in [-0.3, -0.25) is 5.73 Å². The van der Waals surface area contributed by atoms with Crippen LogP contribution in [0.5, 0.6) is 5.75 Å². The number of amidine groups is 1. The molecule has 1 saturated carbocycles. The smallest absolute Gasteiger partial charge is 0.343 e. The lowest BCUT2D eigenvalue weighted by atomic mass is 9.94. The highest BCUT2D eigenvalue weighted by Crippen LogP contribution is 2.79. The van der Waals surface area contributed by atoms with Crippen molar-refractivity contribution in [3.63, 3.8) is 0 Å². The minimum absolute atomic E-state index is 0.198. The maximum Gasteiger partial charge on any atom is 0.343 e. The molecule has 0 aromatic heterocycles. The van der Waals surface area contributed by atoms with Crippen molar-refractivity contribution < 1.29 is 19.2 Å². The molecule has 1 spiro atoms. The van der Waals surface area contributed by atoms with E-state index in [0.29, 0.717) is 12.4 Å². The average Bonchev–Trinajstić information content (AvgIpc) is 2.99. The number of hydrogen-bond donors (Lipinski definition) is 2. The number of hydrogen-bond acceptors (Lipinski definition) is 6. The Morgan fingerprint density at radius 1 is 1.38 bits per heavy atom. The van der Waals surface area contributed by atoms with Gasteiger partial charge in [0.2, 0.25) is 0 Å². The summed E-state index contributed by atoms with van der Waals surface area (Å²) in [6, 6.07) is 11.9. The van der Waals surface area contributed by atoms with Crippen molar-refractivity contribution in [2.24, 2.45) is 16.6 Å². The van der Waals surface area contributed by atoms with Gasteiger partial charge in [-0.05, 0) is 24.6 Å². The van der Waals surface area contributed by atoms with Gasteiger partial charge in [-0.1, -0.05) is 12.1 Å². The van der Waals surface area contributed by atoms with Crippen molar-refractivity contribution in [1.82, 2.24) is 0 Å². The molecule has 2 heterocycles. The first-order chi connectivity index (χ1) is 11.5. The fourth-order valence-corrected chi connectivity index (χ4v) is 4.29. The number of rotatable bonds is 2. The Bertz CT molecular complexity index is 841. The second-order valence-electron chi connectivity index (χ2n) is 6.44. The summed E-state index contributed by atoms with van der Waals surface area (Å²) in [6.07, 6.45) is -0.198. The van der Waals surface area contributed by atoms with Crippen LogP contribution in [-0.2, 0) is 9.47 Å². The van der Waals surface area contributed by atoms with Gasteiger partial charge in [-0.15, -0.1) is 0 Å². The fourth-order valence-electron chi connectivity index (χ4n) is 4.29. The Morgan fingerprint density at radius 3 is 2.75 bits per heavy atom. The number of benzene rings is 1. The summed E-state index contributed by atoms with van der Waals surface area (Å²) >= 11 is 0. The van der Waals surface area contributed by atoms with Crippen molar-refractivity contribution in [1.29, 1.82) is 10.5 Å². The van der Waals surface area contributed by atoms with Crippen LogP contribution >= 0.6 is 0 Å². The van der Waals surface area contributed by atoms with Gasteiger partial charge in [0.1, 0.15) is 5.75 Å². The van der Waals surface area contributed by atoms with Crippen LogP contribution in [0.25, 0.3) is 0 Å². The van der Waals surface area contributed by atoms with Gasteiger partial charge in [0.05, 0.1) is 32.0 Å². The molecule has 24 heavy (non-hydrogen) atoms. The lowest BCUT2D eigenvalue weighted by Gasteiger charge is -2.24. The summed E-state index contributed by atoms with van der Waals surface area (Å²) in [6.45, 7) is 2.18. The molecule has 5 atom stereocenters. The molecule has 122 valence electrons. The van der Waals surface area contributed by atoms with Gasteiger partial charge in [-0.2, -0.15) is 10.5 Å². The van der Waals surface area contributed by atoms with Crippen molar-refractivity contribution in [2.75, 3.05) is 13.7 Å². The molecule has 1 aromatic rings. The van der Waals surface area contributed by atoms with Gasteiger partial charge in [0.15, 0.2) is 10.8 Å². The van der Waals surface area contributed by atoms with E-state index in [1.165, 1.54) is 0 Å². The second-order valence-corrected chi connectivity index (χ2v) is 6.44. The van der Waals surface area contributed by atoms with Crippen LogP contribution in [0, 0.1) is 33.5 Å². The molecule has 3 N–H and O–H groups in total. The van der Waals surface area contributed by atoms with E-state index in [2.05, 4.69) is 17.1 Å². The first-order valence-corrected chi connectivity index (χ1v) is 7.70. The average molecular weight is 325 g/mol. The third kappa shape index (κ3) is 1.36. The molecule has 1 aromatic carbocycles. The molecule has 7 heteroatoms. The number of nitriles is 2. The molecule has 2 aliphatic heterocycles. The lowest BCUT2D eigenvalue weighted by Crippen LogP contribution is -2.90. The van der Waals surface area contributed by atoms with E-state index in [4.69, 9.17) is 19.9 Å². The number of nitrogens with one attached hydrogen (secondary N) is 1. The Morgan fingerprint density at radius 2 is 2.17 bits per heavy atom. The molecular weight excluding hydrogens is 308 g/mol. The van der Waals surface area contributed by atoms with Crippen LogP contribution in [0.15, 0.2) is 24.3 Å². The van der Waals surface area contributed by atoms with Crippen LogP contribution in [0.1, 0.15) is 18.4 Å². The van der Waals surface area contributed by atoms with Crippen LogP contribution in [-0.4, -0.2) is 31.6 Å². The molecule has 0 unspecified atom stereocenters. The van der Waals surface area contributed by atoms with Gasteiger partial charge in [-0.25, -0.2) is 4.99 Å². The van der Waals surface area contributed by atoms with Gasteiger partial charge < -0.3 is 14.2 Å². The zero-order valence-electron chi connectivity index (χ0n) is 13.4. The molecule has 1 aliphatic carbocycles. The number of ether oxygens (including phenoxy) is 3. The molecule has 0 amide bonds. The number of nitrogens with zero attached hydrogens (tertiary/aromatic N) is 2. The molecule has 1 saturated heterocycles. The molecule has 3 aliphatic rings. The maximum absolute atomic E-state index is 10.0. The van der Waals surface area contributed by atoms with Crippen LogP contribution in [0.3, 0.4) is 0 Å². The van der Waals surface area contributed by atoms with E-state index in [9.17, 15) is 10.5 Å². The Kier molecular flexibility index (Phi) is 2.79. The highest BCUT2D eigenvalue weighted by molar-refractivity contribution is 5.95. The van der Waals surface area contributed by atoms with Crippen LogP contribution < -0.4 is 15.5 Å². The van der Waals surface area contributed by atoms with Crippen LogP contribution in [0.4, 0.5) is 0 Å². The summed E-state index contributed by atoms with van der Waals surface area (Å²) in [7, 11) is 1.57. The van der Waals surface area contributed by atoms with Gasteiger partial charge in [0.25, 0.3) is 5.84 Å². The predicted octanol–water partition coefficient (Wildman–Crippen LogP) is -0.647. The zero-order valence-corrected chi connectivity index (χ0v) is 13.4. The standard InChI is InChI=1S/C17H16N4O3/c1-10-7-23-17(24-10)16(9-19)13(15(16,8-18)14(20)21-17)11-4-3-5-12(6-11)22-2/h3-6,10,13H,7H2,1-2H3,(H2,20,21)/p+1/t10-,13+,15+,16+,17-/m0/s1. The fraction of sp³-hybridized carbons (Fsp3) is 0.471. The Balaban J connectivity index is 1.90. The van der Waals surface area contributed by atoms with Crippen molar-refractivity contribution in [3.05, 3.63) is 29.8 Å². The topological polar surface area (TPSA) is 115 Å². The van der Waals surface area contributed by atoms with E-state index in [1.54, 1.807) is 7.11 Å². The number of fused-ring (bicyclic) bond motifs is 2. The lowest BCUT2D eigenvalue weighted by molar-refractivity contribution is -0.677. The summed E-state index contributed by atoms with van der Waals surface area (Å²) in [5.74, 6) is -0.981.